The topological polar surface area (TPSA) is 145 Å². The van der Waals surface area contributed by atoms with Crippen LogP contribution in [0.25, 0.3) is 5.65 Å². The number of morpholine rings is 1. The van der Waals surface area contributed by atoms with Crippen molar-refractivity contribution in [2.24, 2.45) is 0 Å². The molecule has 0 radical (unpaired) electrons. The Morgan fingerprint density at radius 2 is 1.87 bits per heavy atom. The minimum atomic E-state index is -0.640. The first-order chi connectivity index (χ1) is 22.1. The lowest BCUT2D eigenvalue weighted by molar-refractivity contribution is 0.00144. The second kappa shape index (κ2) is 13.0. The van der Waals surface area contributed by atoms with Crippen molar-refractivity contribution in [3.63, 3.8) is 0 Å². The largest absolute Gasteiger partial charge is 0.484 e. The van der Waals surface area contributed by atoms with Crippen LogP contribution in [0.4, 0.5) is 10.6 Å². The molecule has 1 aliphatic carbocycles. The summed E-state index contributed by atoms with van der Waals surface area (Å²) in [5, 5.41) is 14.7. The van der Waals surface area contributed by atoms with Crippen LogP contribution in [0.3, 0.4) is 0 Å². The fraction of sp³-hybridized carbons (Fsp3) is 0.455. The molecule has 0 saturated carbocycles. The molecular formula is C33H40N8O5. The fourth-order valence-electron chi connectivity index (χ4n) is 5.82. The van der Waals surface area contributed by atoms with Gasteiger partial charge in [0, 0.05) is 18.0 Å². The van der Waals surface area contributed by atoms with E-state index in [4.69, 9.17) is 14.2 Å². The normalized spacial score (nSPS) is 20.2. The van der Waals surface area contributed by atoms with Gasteiger partial charge in [-0.05, 0) is 50.1 Å². The maximum atomic E-state index is 13.3. The molecule has 3 aromatic heterocycles. The molecule has 6 rings (SSSR count). The van der Waals surface area contributed by atoms with Crippen LogP contribution in [-0.2, 0) is 14.9 Å². The van der Waals surface area contributed by atoms with E-state index in [0.29, 0.717) is 37.5 Å². The minimum Gasteiger partial charge on any atom is -0.484 e. The van der Waals surface area contributed by atoms with Crippen molar-refractivity contribution in [3.8, 4) is 5.75 Å². The molecule has 2 aliphatic rings. The van der Waals surface area contributed by atoms with Crippen molar-refractivity contribution in [1.82, 2.24) is 34.8 Å². The summed E-state index contributed by atoms with van der Waals surface area (Å²) in [6, 6.07) is 12.8. The summed E-state index contributed by atoms with van der Waals surface area (Å²) in [7, 11) is 2.07. The molecule has 13 heteroatoms. The number of aromatic nitrogens is 5. The molecule has 4 aromatic rings. The molecular weight excluding hydrogens is 588 g/mol. The van der Waals surface area contributed by atoms with Gasteiger partial charge in [0.05, 0.1) is 43.8 Å². The van der Waals surface area contributed by atoms with Gasteiger partial charge >= 0.3 is 12.0 Å². The Morgan fingerprint density at radius 1 is 1.07 bits per heavy atom. The van der Waals surface area contributed by atoms with Gasteiger partial charge in [0.15, 0.2) is 11.5 Å². The van der Waals surface area contributed by atoms with Crippen LogP contribution in [-0.4, -0.2) is 74.9 Å². The molecule has 0 spiro atoms. The number of ether oxygens (including phenoxy) is 3. The third-order valence-electron chi connectivity index (χ3n) is 8.31. The highest BCUT2D eigenvalue weighted by Gasteiger charge is 2.31. The van der Waals surface area contributed by atoms with Crippen molar-refractivity contribution in [3.05, 3.63) is 77.1 Å². The zero-order valence-corrected chi connectivity index (χ0v) is 26.8. The minimum absolute atomic E-state index is 0.00605. The third-order valence-corrected chi connectivity index (χ3v) is 8.31. The summed E-state index contributed by atoms with van der Waals surface area (Å²) in [6.07, 6.45) is 3.07. The number of nitrogens with zero attached hydrogens (tertiary/aromatic N) is 6. The number of nitrogens with one attached hydrogen (secondary N) is 2. The number of pyridine rings is 1. The molecule has 242 valence electrons. The van der Waals surface area contributed by atoms with E-state index in [1.165, 1.54) is 0 Å². The molecule has 0 bridgehead atoms. The van der Waals surface area contributed by atoms with E-state index < -0.39 is 12.0 Å². The standard InChI is InChI=1S/C33H40N8O5/c1-6-45-31(42)29-35-26(33(2,3)4)17-27(36-29)37-32(43)34-23-12-13-25(22-10-8-7-9-21(22)23)46-20-11-14-28-38-39-30(41(28)18-20)24-19-44-16-15-40(24)5/h7-11,14,17-18,23-25H,6,12-13,15-16,19H2,1-5H3,(H2,34,35,36,37,43)/t23-,24-,25+/m0/s1. The van der Waals surface area contributed by atoms with Gasteiger partial charge in [0.1, 0.15) is 17.7 Å². The predicted molar refractivity (Wildman–Crippen MR) is 170 cm³/mol. The number of urea groups is 1. The second-order valence-corrected chi connectivity index (χ2v) is 12.6. The van der Waals surface area contributed by atoms with Crippen LogP contribution < -0.4 is 15.4 Å². The van der Waals surface area contributed by atoms with Crippen molar-refractivity contribution in [1.29, 1.82) is 0 Å². The van der Waals surface area contributed by atoms with Gasteiger partial charge in [0.2, 0.25) is 5.82 Å². The lowest BCUT2D eigenvalue weighted by Gasteiger charge is -2.32. The highest BCUT2D eigenvalue weighted by atomic mass is 16.5. The number of hydrogen-bond acceptors (Lipinski definition) is 10. The van der Waals surface area contributed by atoms with E-state index in [1.807, 2.05) is 67.8 Å². The number of hydrogen-bond donors (Lipinski definition) is 2. The first-order valence-electron chi connectivity index (χ1n) is 15.6. The van der Waals surface area contributed by atoms with E-state index in [-0.39, 0.29) is 41.9 Å². The SMILES string of the molecule is CCOC(=O)c1nc(NC(=O)N[C@H]2CC[C@@H](Oc3ccc4nnc([C@@H]5COCCN5C)n4c3)c3ccccc32)cc(C(C)(C)C)n1. The summed E-state index contributed by atoms with van der Waals surface area (Å²) in [4.78, 5) is 36.5. The number of likely N-dealkylation sites (N-methyl/N-ethyl adjacent to an activating group) is 1. The first-order valence-corrected chi connectivity index (χ1v) is 15.6. The summed E-state index contributed by atoms with van der Waals surface area (Å²) < 4.78 is 19.4. The fourth-order valence-corrected chi connectivity index (χ4v) is 5.82. The molecule has 2 N–H and O–H groups in total. The summed E-state index contributed by atoms with van der Waals surface area (Å²) in [5.74, 6) is 1.01. The number of fused-ring (bicyclic) bond motifs is 2. The van der Waals surface area contributed by atoms with Gasteiger partial charge in [-0.25, -0.2) is 19.6 Å². The number of benzene rings is 1. The third kappa shape index (κ3) is 6.65. The van der Waals surface area contributed by atoms with Gasteiger partial charge in [-0.15, -0.1) is 10.2 Å². The summed E-state index contributed by atoms with van der Waals surface area (Å²) in [5.41, 5.74) is 2.96. The number of carbonyl (C=O) groups excluding carboxylic acids is 2. The monoisotopic (exact) mass is 628 g/mol. The van der Waals surface area contributed by atoms with Crippen LogP contribution >= 0.6 is 0 Å². The van der Waals surface area contributed by atoms with Crippen molar-refractivity contribution in [2.45, 2.75) is 64.1 Å². The lowest BCUT2D eigenvalue weighted by atomic mass is 9.85. The van der Waals surface area contributed by atoms with Gasteiger partial charge in [-0.1, -0.05) is 45.0 Å². The molecule has 0 unspecified atom stereocenters. The van der Waals surface area contributed by atoms with Gasteiger partial charge in [-0.3, -0.25) is 14.6 Å². The average molecular weight is 629 g/mol. The molecule has 46 heavy (non-hydrogen) atoms. The molecule has 1 aliphatic heterocycles. The number of amides is 2. The number of anilines is 1. The van der Waals surface area contributed by atoms with E-state index in [0.717, 1.165) is 29.1 Å². The van der Waals surface area contributed by atoms with Crippen molar-refractivity contribution >= 4 is 23.5 Å². The molecule has 13 nitrogen and oxygen atoms in total. The summed E-state index contributed by atoms with van der Waals surface area (Å²) >= 11 is 0. The van der Waals surface area contributed by atoms with E-state index in [1.54, 1.807) is 13.0 Å². The molecule has 1 aromatic carbocycles. The molecule has 1 saturated heterocycles. The van der Waals surface area contributed by atoms with Crippen LogP contribution in [0.2, 0.25) is 0 Å². The Morgan fingerprint density at radius 3 is 2.63 bits per heavy atom. The zero-order valence-electron chi connectivity index (χ0n) is 26.8. The first kappa shape index (κ1) is 31.4. The summed E-state index contributed by atoms with van der Waals surface area (Å²) in [6.45, 7) is 9.91. The molecule has 2 amide bonds. The molecule has 3 atom stereocenters. The van der Waals surface area contributed by atoms with Crippen LogP contribution in [0.15, 0.2) is 48.7 Å². The van der Waals surface area contributed by atoms with Gasteiger partial charge in [0.25, 0.3) is 0 Å². The Bertz CT molecular complexity index is 1730. The van der Waals surface area contributed by atoms with Crippen molar-refractivity contribution < 1.29 is 23.8 Å². The average Bonchev–Trinajstić information content (AvgIpc) is 3.45. The Balaban J connectivity index is 1.18. The van der Waals surface area contributed by atoms with Crippen LogP contribution in [0, 0.1) is 0 Å². The lowest BCUT2D eigenvalue weighted by Crippen LogP contribution is -2.37. The number of esters is 1. The predicted octanol–water partition coefficient (Wildman–Crippen LogP) is 4.77. The van der Waals surface area contributed by atoms with Crippen LogP contribution in [0.1, 0.15) is 92.0 Å². The number of rotatable bonds is 7. The maximum absolute atomic E-state index is 13.3. The van der Waals surface area contributed by atoms with E-state index in [9.17, 15) is 9.59 Å². The quantitative estimate of drug-likeness (QED) is 0.275. The van der Waals surface area contributed by atoms with E-state index >= 15 is 0 Å². The smallest absolute Gasteiger partial charge is 0.376 e. The van der Waals surface area contributed by atoms with Crippen molar-refractivity contribution in [2.75, 3.05) is 38.7 Å². The zero-order chi connectivity index (χ0) is 32.4. The van der Waals surface area contributed by atoms with E-state index in [2.05, 4.69) is 42.7 Å². The Hall–Kier alpha value is -4.62. The maximum Gasteiger partial charge on any atom is 0.376 e. The van der Waals surface area contributed by atoms with Crippen LogP contribution in [0.5, 0.6) is 5.75 Å². The highest BCUT2D eigenvalue weighted by molar-refractivity contribution is 5.90. The Kier molecular flexibility index (Phi) is 8.87. The Labute approximate surface area is 267 Å². The second-order valence-electron chi connectivity index (χ2n) is 12.6. The molecule has 4 heterocycles. The highest BCUT2D eigenvalue weighted by Crippen LogP contribution is 2.39. The van der Waals surface area contributed by atoms with Gasteiger partial charge in [-0.2, -0.15) is 0 Å². The number of carbonyl (C=O) groups is 2. The molecule has 1 fully saturated rings. The van der Waals surface area contributed by atoms with Gasteiger partial charge < -0.3 is 19.5 Å².